The second kappa shape index (κ2) is 35.6. The van der Waals surface area contributed by atoms with Gasteiger partial charge in [0.15, 0.2) is 0 Å². The first-order valence-electron chi connectivity index (χ1n) is 18.8. The number of likely N-dealkylation sites (tertiary alicyclic amines) is 1. The second-order valence-corrected chi connectivity index (χ2v) is 29.5. The molecular weight excluding hydrogens is 893 g/mol. The van der Waals surface area contributed by atoms with Crippen LogP contribution in [0.25, 0.3) is 0 Å². The van der Waals surface area contributed by atoms with Crippen LogP contribution in [0.5, 0.6) is 0 Å². The standard InChI is InChI=1S/C11H23N.C11H21N.C10H22N2.3C2H6.I3/c3*1-9(2)11-5-7-12(8-6-11)10(3)4;3*1-2;1-3-2/h9-11H,5-8H2,1-4H3;5,9-10H,6-8H2,1-4H3;9-10H,5-8H2,1-4H3;3*1-2H3;/q;;;;;;-1. The van der Waals surface area contributed by atoms with Crippen LogP contribution in [0.2, 0.25) is 0 Å². The van der Waals surface area contributed by atoms with Crippen LogP contribution < -0.4 is 13.3 Å². The predicted octanol–water partition coefficient (Wildman–Crippen LogP) is 8.72. The van der Waals surface area contributed by atoms with Gasteiger partial charge in [-0.25, -0.2) is 0 Å². The van der Waals surface area contributed by atoms with Crippen molar-refractivity contribution in [3.8, 4) is 0 Å². The number of nitrogens with zero attached hydrogens (tertiary/aromatic N) is 4. The summed E-state index contributed by atoms with van der Waals surface area (Å²) in [5.41, 5.74) is 1.65. The molecule has 4 nitrogen and oxygen atoms in total. The van der Waals surface area contributed by atoms with Crippen molar-refractivity contribution in [1.29, 1.82) is 0 Å². The number of hydrogen-bond acceptors (Lipinski definition) is 4. The molecule has 3 aliphatic heterocycles. The molecule has 3 aliphatic rings. The van der Waals surface area contributed by atoms with E-state index in [9.17, 15) is 0 Å². The summed E-state index contributed by atoms with van der Waals surface area (Å²) in [6, 6.07) is 2.90. The minimum atomic E-state index is 0.530. The summed E-state index contributed by atoms with van der Waals surface area (Å²) >= 11 is 5.30. The fourth-order valence-electron chi connectivity index (χ4n) is 5.57. The van der Waals surface area contributed by atoms with Crippen molar-refractivity contribution in [2.24, 2.45) is 17.8 Å². The first kappa shape index (κ1) is 53.6. The number of hydrogen-bond donors (Lipinski definition) is 0. The van der Waals surface area contributed by atoms with Gasteiger partial charge in [-0.05, 0) is 105 Å². The summed E-state index contributed by atoms with van der Waals surface area (Å²) in [5, 5.41) is 0. The first-order valence-corrected chi connectivity index (χ1v) is 31.3. The van der Waals surface area contributed by atoms with Gasteiger partial charge in [0.1, 0.15) is 0 Å². The fraction of sp³-hybridized carbons (Fsp3) is 0.947. The molecule has 3 heterocycles. The Labute approximate surface area is 317 Å². The van der Waals surface area contributed by atoms with E-state index >= 15 is 0 Å². The van der Waals surface area contributed by atoms with Crippen LogP contribution >= 0.6 is 37.2 Å². The Balaban J connectivity index is -0.000000248. The summed E-state index contributed by atoms with van der Waals surface area (Å²) in [5.74, 6) is 2.62. The third-order valence-electron chi connectivity index (χ3n) is 8.80. The van der Waals surface area contributed by atoms with Gasteiger partial charge in [-0.15, -0.1) is 0 Å². The summed E-state index contributed by atoms with van der Waals surface area (Å²) in [7, 11) is 0. The van der Waals surface area contributed by atoms with Gasteiger partial charge in [-0.2, -0.15) is 0 Å². The van der Waals surface area contributed by atoms with Crippen molar-refractivity contribution in [1.82, 2.24) is 19.6 Å². The van der Waals surface area contributed by atoms with E-state index < -0.39 is 0 Å². The predicted molar refractivity (Wildman–Crippen MR) is 224 cm³/mol. The third-order valence-corrected chi connectivity index (χ3v) is 8.80. The second-order valence-electron chi connectivity index (χ2n) is 13.3. The van der Waals surface area contributed by atoms with Crippen molar-refractivity contribution in [2.45, 2.75) is 168 Å². The molecule has 0 aromatic carbocycles. The van der Waals surface area contributed by atoms with E-state index in [0.29, 0.717) is 19.3 Å². The zero-order valence-electron chi connectivity index (χ0n) is 33.8. The Morgan fingerprint density at radius 2 is 0.844 bits per heavy atom. The van der Waals surface area contributed by atoms with E-state index in [1.165, 1.54) is 65.1 Å². The molecule has 0 bridgehead atoms. The molecule has 7 heteroatoms. The van der Waals surface area contributed by atoms with Crippen LogP contribution in [0.3, 0.4) is 0 Å². The average Bonchev–Trinajstić information content (AvgIpc) is 3.05. The summed E-state index contributed by atoms with van der Waals surface area (Å²) in [6.07, 6.45) is 6.51. The Bertz CT molecular complexity index is 544. The van der Waals surface area contributed by atoms with Crippen molar-refractivity contribution in [3.63, 3.8) is 0 Å². The molecule has 0 amide bonds. The van der Waals surface area contributed by atoms with E-state index in [-0.39, 0.29) is 0 Å². The van der Waals surface area contributed by atoms with Crippen molar-refractivity contribution in [3.05, 3.63) is 11.6 Å². The van der Waals surface area contributed by atoms with Crippen LogP contribution in [0.4, 0.5) is 0 Å². The van der Waals surface area contributed by atoms with Crippen molar-refractivity contribution < 1.29 is 13.3 Å². The van der Waals surface area contributed by atoms with Gasteiger partial charge in [0.25, 0.3) is 0 Å². The van der Waals surface area contributed by atoms with Gasteiger partial charge in [-0.3, -0.25) is 14.7 Å². The molecule has 0 unspecified atom stereocenters. The van der Waals surface area contributed by atoms with E-state index in [4.69, 9.17) is 0 Å². The van der Waals surface area contributed by atoms with E-state index in [1.807, 2.05) is 41.5 Å². The first-order chi connectivity index (χ1) is 21.2. The molecule has 278 valence electrons. The summed E-state index contributed by atoms with van der Waals surface area (Å²) in [4.78, 5) is 10.2. The molecule has 0 aromatic heterocycles. The topological polar surface area (TPSA) is 13.0 Å². The van der Waals surface area contributed by atoms with E-state index in [1.54, 1.807) is 5.57 Å². The Kier molecular flexibility index (Phi) is 42.4. The maximum absolute atomic E-state index is 2.60. The van der Waals surface area contributed by atoms with E-state index in [2.05, 4.69) is 146 Å². The molecule has 0 spiro atoms. The summed E-state index contributed by atoms with van der Waals surface area (Å²) < 4.78 is 0. The summed E-state index contributed by atoms with van der Waals surface area (Å²) in [6.45, 7) is 49.6. The van der Waals surface area contributed by atoms with Gasteiger partial charge in [0.2, 0.25) is 0 Å². The van der Waals surface area contributed by atoms with Crippen molar-refractivity contribution >= 4 is 37.2 Å². The molecular formula is C38H84I3N4-. The number of piperazine rings is 1. The molecule has 0 aromatic rings. The van der Waals surface area contributed by atoms with Crippen LogP contribution in [-0.2, 0) is 0 Å². The Morgan fingerprint density at radius 1 is 0.533 bits per heavy atom. The molecule has 0 saturated carbocycles. The molecule has 3 rings (SSSR count). The minimum absolute atomic E-state index is 0.530. The SMILES string of the molecule is CC.CC.CC.CC(C)C1=CCN(C(C)C)CC1.CC(C)C1CCN(C(C)C)CC1.CC(C)N1CCN(C(C)C)CC1.I[I-]I. The van der Waals surface area contributed by atoms with Crippen LogP contribution in [-0.4, -0.2) is 96.1 Å². The Morgan fingerprint density at radius 3 is 1.07 bits per heavy atom. The zero-order valence-corrected chi connectivity index (χ0v) is 40.3. The zero-order chi connectivity index (χ0) is 36.1. The number of piperidine rings is 1. The molecule has 0 aliphatic carbocycles. The average molecular weight is 978 g/mol. The number of halogens is 3. The third kappa shape index (κ3) is 28.2. The van der Waals surface area contributed by atoms with Gasteiger partial charge in [-0.1, -0.05) is 80.9 Å². The van der Waals surface area contributed by atoms with Gasteiger partial charge in [0, 0.05) is 63.4 Å². The van der Waals surface area contributed by atoms with Crippen LogP contribution in [0.1, 0.15) is 144 Å². The van der Waals surface area contributed by atoms with E-state index in [0.717, 1.165) is 42.4 Å². The van der Waals surface area contributed by atoms with Gasteiger partial charge < -0.3 is 4.90 Å². The molecule has 0 atom stereocenters. The molecule has 0 N–H and O–H groups in total. The van der Waals surface area contributed by atoms with Gasteiger partial charge >= 0.3 is 50.5 Å². The Hall–Kier alpha value is 1.77. The van der Waals surface area contributed by atoms with Crippen LogP contribution in [0.15, 0.2) is 11.6 Å². The molecule has 2 fully saturated rings. The maximum atomic E-state index is 2.60. The van der Waals surface area contributed by atoms with Crippen molar-refractivity contribution in [2.75, 3.05) is 52.4 Å². The van der Waals surface area contributed by atoms with Crippen LogP contribution in [0, 0.1) is 17.8 Å². The monoisotopic (exact) mass is 977 g/mol. The molecule has 0 radical (unpaired) electrons. The number of rotatable bonds is 6. The van der Waals surface area contributed by atoms with Gasteiger partial charge in [0.05, 0.1) is 0 Å². The quantitative estimate of drug-likeness (QED) is 0.195. The molecule has 45 heavy (non-hydrogen) atoms. The molecule has 2 saturated heterocycles. The fourth-order valence-corrected chi connectivity index (χ4v) is 5.57. The normalized spacial score (nSPS) is 18.3.